The molecule has 72 valence electrons. The fourth-order valence-corrected chi connectivity index (χ4v) is 1.88. The van der Waals surface area contributed by atoms with Crippen molar-refractivity contribution in [3.05, 3.63) is 0 Å². The van der Waals surface area contributed by atoms with Gasteiger partial charge >= 0.3 is 0 Å². The predicted molar refractivity (Wildman–Crippen MR) is 51.7 cm³/mol. The number of piperidine rings is 1. The summed E-state index contributed by atoms with van der Waals surface area (Å²) < 4.78 is 1.24. The third kappa shape index (κ3) is 2.44. The topological polar surface area (TPSA) is 38.0 Å². The largest absolute Gasteiger partial charge is 0.326 e. The van der Waals surface area contributed by atoms with Gasteiger partial charge < -0.3 is 15.5 Å². The first-order chi connectivity index (χ1) is 5.70. The Labute approximate surface area is 75.5 Å². The summed E-state index contributed by atoms with van der Waals surface area (Å²) in [5.74, 6) is 0. The van der Waals surface area contributed by atoms with E-state index in [0.29, 0.717) is 12.7 Å². The van der Waals surface area contributed by atoms with Crippen LogP contribution in [0.4, 0.5) is 0 Å². The molecular formula is C9H22N3+. The average molecular weight is 172 g/mol. The third-order valence-corrected chi connectivity index (χ3v) is 3.20. The molecule has 0 aliphatic carbocycles. The molecule has 3 nitrogen and oxygen atoms in total. The molecule has 0 radical (unpaired) electrons. The number of hydrogen-bond donors (Lipinski definition) is 2. The molecule has 0 unspecified atom stereocenters. The Kier molecular flexibility index (Phi) is 3.50. The standard InChI is InChI=1S/C9H22N3/c1-3-12(2)6-4-9(5-7-12)11-8-10/h9,11H,3-8,10H2,1-2H3/q+1. The summed E-state index contributed by atoms with van der Waals surface area (Å²) in [6.07, 6.45) is 2.56. The number of hydrogen-bond acceptors (Lipinski definition) is 2. The molecule has 0 aromatic carbocycles. The van der Waals surface area contributed by atoms with Crippen LogP contribution < -0.4 is 11.1 Å². The second kappa shape index (κ2) is 4.21. The maximum absolute atomic E-state index is 5.44. The summed E-state index contributed by atoms with van der Waals surface area (Å²) in [6, 6.07) is 0.674. The Morgan fingerprint density at radius 3 is 2.42 bits per heavy atom. The fraction of sp³-hybridized carbons (Fsp3) is 1.00. The predicted octanol–water partition coefficient (Wildman–Crippen LogP) is 0.121. The molecule has 1 aliphatic rings. The van der Waals surface area contributed by atoms with Gasteiger partial charge in [0.05, 0.1) is 26.7 Å². The molecular weight excluding hydrogens is 150 g/mol. The van der Waals surface area contributed by atoms with E-state index in [1.54, 1.807) is 0 Å². The molecule has 0 spiro atoms. The van der Waals surface area contributed by atoms with Crippen molar-refractivity contribution in [3.8, 4) is 0 Å². The lowest BCUT2D eigenvalue weighted by molar-refractivity contribution is -0.912. The van der Waals surface area contributed by atoms with Crippen LogP contribution in [0.15, 0.2) is 0 Å². The molecule has 12 heavy (non-hydrogen) atoms. The van der Waals surface area contributed by atoms with E-state index in [-0.39, 0.29) is 0 Å². The molecule has 0 bridgehead atoms. The molecule has 1 fully saturated rings. The average Bonchev–Trinajstić information content (AvgIpc) is 2.10. The number of rotatable bonds is 3. The zero-order valence-electron chi connectivity index (χ0n) is 8.34. The highest BCUT2D eigenvalue weighted by atomic mass is 15.3. The van der Waals surface area contributed by atoms with Crippen LogP contribution in [0.3, 0.4) is 0 Å². The van der Waals surface area contributed by atoms with Gasteiger partial charge in [0.15, 0.2) is 0 Å². The van der Waals surface area contributed by atoms with Gasteiger partial charge in [-0.2, -0.15) is 0 Å². The van der Waals surface area contributed by atoms with Crippen molar-refractivity contribution in [2.45, 2.75) is 25.8 Å². The van der Waals surface area contributed by atoms with Gasteiger partial charge in [-0.3, -0.25) is 0 Å². The summed E-state index contributed by atoms with van der Waals surface area (Å²) in [6.45, 7) is 6.76. The summed E-state index contributed by atoms with van der Waals surface area (Å²) >= 11 is 0. The highest BCUT2D eigenvalue weighted by Crippen LogP contribution is 2.15. The molecule has 1 saturated heterocycles. The molecule has 1 heterocycles. The van der Waals surface area contributed by atoms with E-state index in [0.717, 1.165) is 0 Å². The monoisotopic (exact) mass is 172 g/mol. The van der Waals surface area contributed by atoms with Crippen LogP contribution in [0.1, 0.15) is 19.8 Å². The second-order valence-corrected chi connectivity index (χ2v) is 4.07. The molecule has 0 amide bonds. The van der Waals surface area contributed by atoms with Crippen LogP contribution in [0.25, 0.3) is 0 Å². The maximum Gasteiger partial charge on any atom is 0.0799 e. The van der Waals surface area contributed by atoms with Gasteiger partial charge in [-0.25, -0.2) is 0 Å². The highest BCUT2D eigenvalue weighted by molar-refractivity contribution is 4.69. The lowest BCUT2D eigenvalue weighted by Crippen LogP contribution is -2.53. The quantitative estimate of drug-likeness (QED) is 0.469. The molecule has 0 saturated carbocycles. The van der Waals surface area contributed by atoms with Gasteiger partial charge in [-0.1, -0.05) is 0 Å². The first-order valence-electron chi connectivity index (χ1n) is 4.97. The van der Waals surface area contributed by atoms with E-state index in [9.17, 15) is 0 Å². The Bertz CT molecular complexity index is 128. The Morgan fingerprint density at radius 2 is 2.00 bits per heavy atom. The van der Waals surface area contributed by atoms with Crippen LogP contribution in [-0.4, -0.2) is 43.9 Å². The summed E-state index contributed by atoms with van der Waals surface area (Å²) in [4.78, 5) is 0. The van der Waals surface area contributed by atoms with Crippen LogP contribution in [0.5, 0.6) is 0 Å². The van der Waals surface area contributed by atoms with Gasteiger partial charge in [0, 0.05) is 25.6 Å². The number of quaternary nitrogens is 1. The van der Waals surface area contributed by atoms with Crippen LogP contribution >= 0.6 is 0 Å². The zero-order valence-corrected chi connectivity index (χ0v) is 8.34. The van der Waals surface area contributed by atoms with Gasteiger partial charge in [0.1, 0.15) is 0 Å². The minimum atomic E-state index is 0.626. The molecule has 3 N–H and O–H groups in total. The van der Waals surface area contributed by atoms with E-state index in [1.165, 1.54) is 37.0 Å². The normalized spacial score (nSPS) is 36.8. The Hall–Kier alpha value is -0.120. The number of nitrogens with zero attached hydrogens (tertiary/aromatic N) is 1. The van der Waals surface area contributed by atoms with Crippen molar-refractivity contribution in [2.75, 3.05) is 33.4 Å². The van der Waals surface area contributed by atoms with E-state index < -0.39 is 0 Å². The van der Waals surface area contributed by atoms with Crippen molar-refractivity contribution < 1.29 is 4.48 Å². The van der Waals surface area contributed by atoms with Crippen molar-refractivity contribution in [1.29, 1.82) is 0 Å². The van der Waals surface area contributed by atoms with Crippen molar-refractivity contribution in [3.63, 3.8) is 0 Å². The van der Waals surface area contributed by atoms with Gasteiger partial charge in [-0.15, -0.1) is 0 Å². The van der Waals surface area contributed by atoms with Crippen molar-refractivity contribution in [2.24, 2.45) is 5.73 Å². The van der Waals surface area contributed by atoms with Gasteiger partial charge in [-0.05, 0) is 6.92 Å². The van der Waals surface area contributed by atoms with Crippen molar-refractivity contribution >= 4 is 0 Å². The summed E-state index contributed by atoms with van der Waals surface area (Å²) in [7, 11) is 2.35. The van der Waals surface area contributed by atoms with Crippen LogP contribution in [-0.2, 0) is 0 Å². The van der Waals surface area contributed by atoms with Gasteiger partial charge in [0.25, 0.3) is 0 Å². The molecule has 0 atom stereocenters. The first-order valence-corrected chi connectivity index (χ1v) is 4.97. The molecule has 3 heteroatoms. The minimum absolute atomic E-state index is 0.626. The maximum atomic E-state index is 5.44. The van der Waals surface area contributed by atoms with E-state index in [2.05, 4.69) is 19.3 Å². The van der Waals surface area contributed by atoms with E-state index in [1.807, 2.05) is 0 Å². The fourth-order valence-electron chi connectivity index (χ4n) is 1.88. The van der Waals surface area contributed by atoms with E-state index >= 15 is 0 Å². The van der Waals surface area contributed by atoms with Crippen LogP contribution in [0, 0.1) is 0 Å². The van der Waals surface area contributed by atoms with E-state index in [4.69, 9.17) is 5.73 Å². The first kappa shape index (κ1) is 9.96. The Balaban J connectivity index is 2.29. The Morgan fingerprint density at radius 1 is 1.42 bits per heavy atom. The lowest BCUT2D eigenvalue weighted by atomic mass is 10.0. The second-order valence-electron chi connectivity index (χ2n) is 4.07. The minimum Gasteiger partial charge on any atom is -0.326 e. The zero-order chi connectivity index (χ0) is 9.03. The number of likely N-dealkylation sites (tertiary alicyclic amines) is 1. The highest BCUT2D eigenvalue weighted by Gasteiger charge is 2.27. The van der Waals surface area contributed by atoms with Crippen molar-refractivity contribution in [1.82, 2.24) is 5.32 Å². The smallest absolute Gasteiger partial charge is 0.0799 e. The summed E-state index contributed by atoms with van der Waals surface area (Å²) in [5, 5.41) is 3.31. The number of nitrogens with one attached hydrogen (secondary N) is 1. The SMILES string of the molecule is CC[N+]1(C)CCC(NCN)CC1. The molecule has 1 rings (SSSR count). The lowest BCUT2D eigenvalue weighted by Gasteiger charge is -2.39. The molecule has 0 aromatic heterocycles. The number of nitrogens with two attached hydrogens (primary N) is 1. The molecule has 1 aliphatic heterocycles. The molecule has 0 aromatic rings. The third-order valence-electron chi connectivity index (χ3n) is 3.20. The summed E-state index contributed by atoms with van der Waals surface area (Å²) in [5.41, 5.74) is 5.44. The van der Waals surface area contributed by atoms with Crippen LogP contribution in [0.2, 0.25) is 0 Å². The van der Waals surface area contributed by atoms with Gasteiger partial charge in [0.2, 0.25) is 0 Å².